The number of nitrogens with zero attached hydrogens (tertiary/aromatic N) is 1. The summed E-state index contributed by atoms with van der Waals surface area (Å²) in [5.74, 6) is 0.947. The minimum absolute atomic E-state index is 0.220. The summed E-state index contributed by atoms with van der Waals surface area (Å²) in [6.07, 6.45) is 1.12. The topological polar surface area (TPSA) is 3.24 Å². The SMILES string of the molecule is Cc1cc(C(C)(C)C)cc(C)c1N(C)CCCS. The number of thiol groups is 1. The van der Waals surface area contributed by atoms with Crippen molar-refractivity contribution in [2.75, 3.05) is 24.2 Å². The van der Waals surface area contributed by atoms with Gasteiger partial charge in [-0.2, -0.15) is 12.6 Å². The molecule has 0 N–H and O–H groups in total. The predicted octanol–water partition coefficient (Wildman–Crippen LogP) is 4.36. The van der Waals surface area contributed by atoms with E-state index in [9.17, 15) is 0 Å². The lowest BCUT2D eigenvalue weighted by Crippen LogP contribution is -2.22. The maximum atomic E-state index is 4.29. The lowest BCUT2D eigenvalue weighted by molar-refractivity contribution is 0.589. The van der Waals surface area contributed by atoms with Crippen molar-refractivity contribution < 1.29 is 0 Å². The number of hydrogen-bond donors (Lipinski definition) is 1. The lowest BCUT2D eigenvalue weighted by atomic mass is 9.84. The Hall–Kier alpha value is -0.630. The highest BCUT2D eigenvalue weighted by Crippen LogP contribution is 2.31. The highest BCUT2D eigenvalue weighted by atomic mass is 32.1. The Morgan fingerprint density at radius 2 is 1.61 bits per heavy atom. The van der Waals surface area contributed by atoms with E-state index in [0.717, 1.165) is 18.7 Å². The fourth-order valence-electron chi connectivity index (χ4n) is 2.41. The summed E-state index contributed by atoms with van der Waals surface area (Å²) in [7, 11) is 2.18. The van der Waals surface area contributed by atoms with Crippen molar-refractivity contribution in [1.29, 1.82) is 0 Å². The smallest absolute Gasteiger partial charge is 0.0423 e. The summed E-state index contributed by atoms with van der Waals surface area (Å²) in [6, 6.07) is 4.67. The zero-order valence-corrected chi connectivity index (χ0v) is 13.6. The van der Waals surface area contributed by atoms with Gasteiger partial charge in [0.05, 0.1) is 0 Å². The van der Waals surface area contributed by atoms with Gasteiger partial charge in [0.1, 0.15) is 0 Å². The molecular formula is C16H27NS. The van der Waals surface area contributed by atoms with Crippen molar-refractivity contribution in [2.24, 2.45) is 0 Å². The molecule has 0 radical (unpaired) electrons. The minimum atomic E-state index is 0.220. The molecule has 1 nitrogen and oxygen atoms in total. The van der Waals surface area contributed by atoms with E-state index in [1.165, 1.54) is 22.4 Å². The second-order valence-corrected chi connectivity index (χ2v) is 6.65. The fraction of sp³-hybridized carbons (Fsp3) is 0.625. The Morgan fingerprint density at radius 3 is 2.00 bits per heavy atom. The molecule has 2 heteroatoms. The van der Waals surface area contributed by atoms with Crippen LogP contribution in [0.15, 0.2) is 12.1 Å². The van der Waals surface area contributed by atoms with Crippen LogP contribution in [0.1, 0.15) is 43.9 Å². The standard InChI is InChI=1S/C16H27NS/c1-12-10-14(16(3,4)5)11-13(2)15(12)17(6)8-7-9-18/h10-11,18H,7-9H2,1-6H3. The van der Waals surface area contributed by atoms with Gasteiger partial charge >= 0.3 is 0 Å². The van der Waals surface area contributed by atoms with Crippen LogP contribution in [0.3, 0.4) is 0 Å². The first-order valence-electron chi connectivity index (χ1n) is 6.71. The molecule has 0 aliphatic heterocycles. The van der Waals surface area contributed by atoms with Crippen molar-refractivity contribution in [2.45, 2.75) is 46.5 Å². The van der Waals surface area contributed by atoms with Gasteiger partial charge in [0.2, 0.25) is 0 Å². The van der Waals surface area contributed by atoms with Crippen LogP contribution in [0.2, 0.25) is 0 Å². The molecule has 18 heavy (non-hydrogen) atoms. The molecule has 0 amide bonds. The third-order valence-corrected chi connectivity index (χ3v) is 3.71. The number of aryl methyl sites for hydroxylation is 2. The molecule has 1 aromatic carbocycles. The van der Waals surface area contributed by atoms with Crippen LogP contribution in [0.4, 0.5) is 5.69 Å². The van der Waals surface area contributed by atoms with Gasteiger partial charge < -0.3 is 4.90 Å². The lowest BCUT2D eigenvalue weighted by Gasteiger charge is -2.27. The van der Waals surface area contributed by atoms with Crippen LogP contribution in [0, 0.1) is 13.8 Å². The molecule has 0 saturated carbocycles. The van der Waals surface area contributed by atoms with E-state index in [4.69, 9.17) is 0 Å². The zero-order valence-electron chi connectivity index (χ0n) is 12.7. The van der Waals surface area contributed by atoms with Gasteiger partial charge in [-0.3, -0.25) is 0 Å². The Bertz CT molecular complexity index is 381. The minimum Gasteiger partial charge on any atom is -0.374 e. The first-order chi connectivity index (χ1) is 8.27. The highest BCUT2D eigenvalue weighted by molar-refractivity contribution is 7.80. The van der Waals surface area contributed by atoms with E-state index >= 15 is 0 Å². The molecule has 0 aliphatic rings. The number of rotatable bonds is 4. The Balaban J connectivity index is 3.09. The molecule has 0 saturated heterocycles. The zero-order chi connectivity index (χ0) is 13.9. The highest BCUT2D eigenvalue weighted by Gasteiger charge is 2.17. The first kappa shape index (κ1) is 15.4. The molecule has 1 aromatic rings. The van der Waals surface area contributed by atoms with Crippen LogP contribution in [0.5, 0.6) is 0 Å². The van der Waals surface area contributed by atoms with E-state index in [1.54, 1.807) is 0 Å². The van der Waals surface area contributed by atoms with E-state index in [2.05, 4.69) is 71.3 Å². The second-order valence-electron chi connectivity index (χ2n) is 6.21. The molecule has 0 heterocycles. The summed E-state index contributed by atoms with van der Waals surface area (Å²) in [5.41, 5.74) is 5.77. The quantitative estimate of drug-likeness (QED) is 0.792. The van der Waals surface area contributed by atoms with Crippen LogP contribution in [-0.2, 0) is 5.41 Å². The second kappa shape index (κ2) is 6.01. The van der Waals surface area contributed by atoms with Gasteiger partial charge in [0, 0.05) is 19.3 Å². The van der Waals surface area contributed by atoms with E-state index in [-0.39, 0.29) is 5.41 Å². The van der Waals surface area contributed by atoms with Crippen molar-refractivity contribution in [3.05, 3.63) is 28.8 Å². The molecule has 0 bridgehead atoms. The van der Waals surface area contributed by atoms with Gasteiger partial charge in [-0.15, -0.1) is 0 Å². The molecule has 0 spiro atoms. The van der Waals surface area contributed by atoms with Crippen molar-refractivity contribution in [3.8, 4) is 0 Å². The fourth-order valence-corrected chi connectivity index (χ4v) is 2.55. The molecule has 102 valence electrons. The Labute approximate surface area is 118 Å². The van der Waals surface area contributed by atoms with Crippen LogP contribution in [0.25, 0.3) is 0 Å². The van der Waals surface area contributed by atoms with Crippen molar-refractivity contribution >= 4 is 18.3 Å². The van der Waals surface area contributed by atoms with Crippen molar-refractivity contribution in [3.63, 3.8) is 0 Å². The molecule has 0 unspecified atom stereocenters. The predicted molar refractivity (Wildman–Crippen MR) is 86.4 cm³/mol. The molecule has 0 aromatic heterocycles. The van der Waals surface area contributed by atoms with Crippen molar-refractivity contribution in [1.82, 2.24) is 0 Å². The Kier molecular flexibility index (Phi) is 5.15. The summed E-state index contributed by atoms with van der Waals surface area (Å²) < 4.78 is 0. The summed E-state index contributed by atoms with van der Waals surface area (Å²) in [4.78, 5) is 2.35. The first-order valence-corrected chi connectivity index (χ1v) is 7.34. The van der Waals surface area contributed by atoms with Gasteiger partial charge in [-0.05, 0) is 48.1 Å². The Morgan fingerprint density at radius 1 is 1.11 bits per heavy atom. The number of anilines is 1. The average Bonchev–Trinajstić information content (AvgIpc) is 2.24. The van der Waals surface area contributed by atoms with E-state index < -0.39 is 0 Å². The summed E-state index contributed by atoms with van der Waals surface area (Å²) in [5, 5.41) is 0. The molecular weight excluding hydrogens is 238 g/mol. The average molecular weight is 265 g/mol. The third-order valence-electron chi connectivity index (χ3n) is 3.39. The molecule has 0 fully saturated rings. The summed E-state index contributed by atoms with van der Waals surface area (Å²) >= 11 is 4.29. The van der Waals surface area contributed by atoms with Gasteiger partial charge in [-0.1, -0.05) is 32.9 Å². The normalized spacial score (nSPS) is 11.7. The maximum Gasteiger partial charge on any atom is 0.0423 e. The van der Waals surface area contributed by atoms with Crippen LogP contribution >= 0.6 is 12.6 Å². The number of benzene rings is 1. The third kappa shape index (κ3) is 3.68. The van der Waals surface area contributed by atoms with E-state index in [0.29, 0.717) is 0 Å². The number of hydrogen-bond acceptors (Lipinski definition) is 2. The molecule has 0 atom stereocenters. The maximum absolute atomic E-state index is 4.29. The molecule has 1 rings (SSSR count). The molecule has 0 aliphatic carbocycles. The largest absolute Gasteiger partial charge is 0.374 e. The van der Waals surface area contributed by atoms with Crippen LogP contribution < -0.4 is 4.90 Å². The van der Waals surface area contributed by atoms with Crippen LogP contribution in [-0.4, -0.2) is 19.3 Å². The van der Waals surface area contributed by atoms with Gasteiger partial charge in [0.15, 0.2) is 0 Å². The van der Waals surface area contributed by atoms with E-state index in [1.807, 2.05) is 0 Å². The summed E-state index contributed by atoms with van der Waals surface area (Å²) in [6.45, 7) is 12.3. The van der Waals surface area contributed by atoms with Gasteiger partial charge in [-0.25, -0.2) is 0 Å². The monoisotopic (exact) mass is 265 g/mol. The van der Waals surface area contributed by atoms with Gasteiger partial charge in [0.25, 0.3) is 0 Å².